The Labute approximate surface area is 152 Å². The maximum Gasteiger partial charge on any atom is 0.267 e. The first-order valence-electron chi connectivity index (χ1n) is 8.54. The summed E-state index contributed by atoms with van der Waals surface area (Å²) in [6.07, 6.45) is 1.35. The molecule has 1 atom stereocenters. The molecule has 1 aliphatic heterocycles. The highest BCUT2D eigenvalue weighted by atomic mass is 16.5. The number of hydrogen-bond donors (Lipinski definition) is 2. The highest BCUT2D eigenvalue weighted by Gasteiger charge is 2.14. The van der Waals surface area contributed by atoms with Gasteiger partial charge in [-0.1, -0.05) is 12.1 Å². The van der Waals surface area contributed by atoms with E-state index < -0.39 is 5.91 Å². The molecule has 1 unspecified atom stereocenters. The van der Waals surface area contributed by atoms with E-state index in [-0.39, 0.29) is 17.6 Å². The zero-order valence-corrected chi connectivity index (χ0v) is 14.6. The molecule has 2 amide bonds. The molecular weight excluding hydrogens is 332 g/mol. The fraction of sp³-hybridized carbons (Fsp3) is 0.316. The molecule has 2 heterocycles. The molecule has 26 heavy (non-hydrogen) atoms. The van der Waals surface area contributed by atoms with Crippen LogP contribution in [-0.2, 0) is 4.74 Å². The van der Waals surface area contributed by atoms with Gasteiger partial charge in [-0.2, -0.15) is 0 Å². The van der Waals surface area contributed by atoms with Gasteiger partial charge >= 0.3 is 0 Å². The molecule has 1 aromatic heterocycles. The van der Waals surface area contributed by atoms with Gasteiger partial charge in [0, 0.05) is 25.0 Å². The molecular formula is C19H22N4O3. The lowest BCUT2D eigenvalue weighted by atomic mass is 10.1. The highest BCUT2D eigenvalue weighted by molar-refractivity contribution is 5.95. The number of anilines is 1. The van der Waals surface area contributed by atoms with Crippen LogP contribution in [0.15, 0.2) is 42.6 Å². The SMILES string of the molecule is CC(NC(=O)c1ccc(C(N)=O)nc1)c1ccc(N2CCOCC2)cc1. The Kier molecular flexibility index (Phi) is 5.48. The number of morpholine rings is 1. The minimum atomic E-state index is -0.620. The van der Waals surface area contributed by atoms with Crippen LogP contribution in [0, 0.1) is 0 Å². The van der Waals surface area contributed by atoms with Crippen LogP contribution in [0.1, 0.15) is 39.4 Å². The van der Waals surface area contributed by atoms with Crippen molar-refractivity contribution in [2.45, 2.75) is 13.0 Å². The molecule has 3 N–H and O–H groups in total. The second-order valence-electron chi connectivity index (χ2n) is 6.18. The van der Waals surface area contributed by atoms with Crippen LogP contribution in [0.4, 0.5) is 5.69 Å². The molecule has 1 saturated heterocycles. The number of pyridine rings is 1. The highest BCUT2D eigenvalue weighted by Crippen LogP contribution is 2.20. The van der Waals surface area contributed by atoms with Gasteiger partial charge in [-0.25, -0.2) is 0 Å². The molecule has 0 radical (unpaired) electrons. The Morgan fingerprint density at radius 2 is 1.85 bits per heavy atom. The summed E-state index contributed by atoms with van der Waals surface area (Å²) in [5.41, 5.74) is 7.83. The van der Waals surface area contributed by atoms with Crippen LogP contribution in [-0.4, -0.2) is 43.1 Å². The Balaban J connectivity index is 1.62. The largest absolute Gasteiger partial charge is 0.378 e. The molecule has 0 spiro atoms. The zero-order valence-electron chi connectivity index (χ0n) is 14.6. The molecule has 7 nitrogen and oxygen atoms in total. The van der Waals surface area contributed by atoms with E-state index in [9.17, 15) is 9.59 Å². The van der Waals surface area contributed by atoms with Crippen molar-refractivity contribution in [2.75, 3.05) is 31.2 Å². The van der Waals surface area contributed by atoms with Gasteiger partial charge in [0.15, 0.2) is 0 Å². The number of rotatable bonds is 5. The Morgan fingerprint density at radius 1 is 1.15 bits per heavy atom. The van der Waals surface area contributed by atoms with Crippen LogP contribution in [0.3, 0.4) is 0 Å². The first kappa shape index (κ1) is 17.9. The van der Waals surface area contributed by atoms with Gasteiger partial charge in [-0.15, -0.1) is 0 Å². The van der Waals surface area contributed by atoms with Crippen molar-refractivity contribution in [1.82, 2.24) is 10.3 Å². The van der Waals surface area contributed by atoms with Crippen molar-refractivity contribution in [3.8, 4) is 0 Å². The Bertz CT molecular complexity index is 768. The summed E-state index contributed by atoms with van der Waals surface area (Å²) in [5, 5.41) is 2.93. The van der Waals surface area contributed by atoms with Crippen molar-refractivity contribution in [2.24, 2.45) is 5.73 Å². The molecule has 0 bridgehead atoms. The Hall–Kier alpha value is -2.93. The summed E-state index contributed by atoms with van der Waals surface area (Å²) in [6.45, 7) is 5.19. The van der Waals surface area contributed by atoms with Gasteiger partial charge in [-0.05, 0) is 36.8 Å². The number of hydrogen-bond acceptors (Lipinski definition) is 5. The second-order valence-corrected chi connectivity index (χ2v) is 6.18. The monoisotopic (exact) mass is 354 g/mol. The van der Waals surface area contributed by atoms with Crippen molar-refractivity contribution in [1.29, 1.82) is 0 Å². The Morgan fingerprint density at radius 3 is 2.42 bits per heavy atom. The average Bonchev–Trinajstić information content (AvgIpc) is 2.68. The molecule has 1 aliphatic rings. The van der Waals surface area contributed by atoms with Crippen LogP contribution in [0.5, 0.6) is 0 Å². The lowest BCUT2D eigenvalue weighted by molar-refractivity contribution is 0.0936. The minimum absolute atomic E-state index is 0.133. The van der Waals surface area contributed by atoms with E-state index in [0.717, 1.165) is 37.6 Å². The van der Waals surface area contributed by atoms with Crippen molar-refractivity contribution >= 4 is 17.5 Å². The number of ether oxygens (including phenoxy) is 1. The summed E-state index contributed by atoms with van der Waals surface area (Å²) < 4.78 is 5.37. The number of nitrogens with one attached hydrogen (secondary N) is 1. The maximum absolute atomic E-state index is 12.3. The van der Waals surface area contributed by atoms with Crippen LogP contribution in [0.2, 0.25) is 0 Å². The quantitative estimate of drug-likeness (QED) is 0.848. The van der Waals surface area contributed by atoms with Gasteiger partial charge in [0.1, 0.15) is 5.69 Å². The molecule has 7 heteroatoms. The molecule has 136 valence electrons. The first-order chi connectivity index (χ1) is 12.5. The van der Waals surface area contributed by atoms with E-state index in [2.05, 4.69) is 27.3 Å². The molecule has 0 saturated carbocycles. The number of carbonyl (C=O) groups is 2. The minimum Gasteiger partial charge on any atom is -0.378 e. The van der Waals surface area contributed by atoms with Crippen LogP contribution >= 0.6 is 0 Å². The normalized spacial score (nSPS) is 15.3. The average molecular weight is 354 g/mol. The summed E-state index contributed by atoms with van der Waals surface area (Å²) >= 11 is 0. The second kappa shape index (κ2) is 7.97. The first-order valence-corrected chi connectivity index (χ1v) is 8.54. The van der Waals surface area contributed by atoms with Crippen LogP contribution in [0.25, 0.3) is 0 Å². The topological polar surface area (TPSA) is 97.5 Å². The fourth-order valence-corrected chi connectivity index (χ4v) is 2.83. The summed E-state index contributed by atoms with van der Waals surface area (Å²) in [6, 6.07) is 11.0. The number of nitrogens with zero attached hydrogens (tertiary/aromatic N) is 2. The lowest BCUT2D eigenvalue weighted by Gasteiger charge is -2.29. The van der Waals surface area contributed by atoms with Crippen LogP contribution < -0.4 is 16.0 Å². The maximum atomic E-state index is 12.3. The van der Waals surface area contributed by atoms with E-state index in [4.69, 9.17) is 10.5 Å². The van der Waals surface area contributed by atoms with Gasteiger partial charge in [0.05, 0.1) is 24.8 Å². The summed E-state index contributed by atoms with van der Waals surface area (Å²) in [4.78, 5) is 29.5. The molecule has 1 fully saturated rings. The summed E-state index contributed by atoms with van der Waals surface area (Å²) in [5.74, 6) is -0.871. The lowest BCUT2D eigenvalue weighted by Crippen LogP contribution is -2.36. The van der Waals surface area contributed by atoms with Gasteiger partial charge in [0.2, 0.25) is 0 Å². The fourth-order valence-electron chi connectivity index (χ4n) is 2.83. The van der Waals surface area contributed by atoms with E-state index in [1.165, 1.54) is 18.3 Å². The van der Waals surface area contributed by atoms with Crippen molar-refractivity contribution < 1.29 is 14.3 Å². The number of aromatic nitrogens is 1. The third kappa shape index (κ3) is 4.18. The van der Waals surface area contributed by atoms with E-state index in [1.54, 1.807) is 0 Å². The number of primary amides is 1. The third-order valence-electron chi connectivity index (χ3n) is 4.40. The molecule has 0 aliphatic carbocycles. The number of benzene rings is 1. The summed E-state index contributed by atoms with van der Waals surface area (Å²) in [7, 11) is 0. The van der Waals surface area contributed by atoms with E-state index in [0.29, 0.717) is 5.56 Å². The number of amides is 2. The predicted octanol–water partition coefficient (Wildman–Crippen LogP) is 1.51. The van der Waals surface area contributed by atoms with E-state index >= 15 is 0 Å². The standard InChI is InChI=1S/C19H22N4O3/c1-13(22-19(25)15-4-7-17(18(20)24)21-12-15)14-2-5-16(6-3-14)23-8-10-26-11-9-23/h2-7,12-13H,8-11H2,1H3,(H2,20,24)(H,22,25). The molecule has 1 aromatic carbocycles. The molecule has 2 aromatic rings. The number of carbonyl (C=O) groups excluding carboxylic acids is 2. The smallest absolute Gasteiger partial charge is 0.267 e. The van der Waals surface area contributed by atoms with Crippen molar-refractivity contribution in [3.05, 3.63) is 59.4 Å². The predicted molar refractivity (Wildman–Crippen MR) is 98.1 cm³/mol. The van der Waals surface area contributed by atoms with E-state index in [1.807, 2.05) is 19.1 Å². The third-order valence-corrected chi connectivity index (χ3v) is 4.40. The zero-order chi connectivity index (χ0) is 18.5. The van der Waals surface area contributed by atoms with Crippen molar-refractivity contribution in [3.63, 3.8) is 0 Å². The number of nitrogens with two attached hydrogens (primary N) is 1. The van der Waals surface area contributed by atoms with Gasteiger partial charge in [0.25, 0.3) is 11.8 Å². The van der Waals surface area contributed by atoms with Gasteiger partial charge < -0.3 is 20.7 Å². The van der Waals surface area contributed by atoms with Gasteiger partial charge in [-0.3, -0.25) is 14.6 Å². The molecule has 3 rings (SSSR count).